The van der Waals surface area contributed by atoms with Gasteiger partial charge in [0.2, 0.25) is 5.91 Å². The predicted molar refractivity (Wildman–Crippen MR) is 82.2 cm³/mol. The quantitative estimate of drug-likeness (QED) is 0.866. The number of esters is 1. The number of hydrogen-bond acceptors (Lipinski definition) is 5. The highest BCUT2D eigenvalue weighted by atomic mass is 35.5. The smallest absolute Gasteiger partial charge is 0.360 e. The number of nitrogens with zero attached hydrogens (tertiary/aromatic N) is 2. The second-order valence-electron chi connectivity index (χ2n) is 4.21. The Kier molecular flexibility index (Phi) is 5.30. The SMILES string of the molecule is COC(=O)c1nccnc1NC(=O)Cc1ccc(Cl)cc1Cl. The minimum Gasteiger partial charge on any atom is -0.464 e. The van der Waals surface area contributed by atoms with Crippen molar-refractivity contribution in [2.75, 3.05) is 12.4 Å². The normalized spacial score (nSPS) is 10.1. The number of hydrogen-bond donors (Lipinski definition) is 1. The molecule has 0 spiro atoms. The molecule has 2 aromatic rings. The molecule has 1 aromatic heterocycles. The summed E-state index contributed by atoms with van der Waals surface area (Å²) < 4.78 is 4.58. The summed E-state index contributed by atoms with van der Waals surface area (Å²) in [7, 11) is 1.22. The van der Waals surface area contributed by atoms with Crippen molar-refractivity contribution in [2.45, 2.75) is 6.42 Å². The molecule has 0 aliphatic carbocycles. The zero-order valence-corrected chi connectivity index (χ0v) is 13.0. The highest BCUT2D eigenvalue weighted by Crippen LogP contribution is 2.21. The van der Waals surface area contributed by atoms with E-state index in [0.29, 0.717) is 15.6 Å². The third kappa shape index (κ3) is 3.93. The first-order valence-electron chi connectivity index (χ1n) is 6.14. The first kappa shape index (κ1) is 16.2. The standard InChI is InChI=1S/C14H11Cl2N3O3/c1-22-14(21)12-13(18-5-4-17-12)19-11(20)6-8-2-3-9(15)7-10(8)16/h2-5,7H,6H2,1H3,(H,18,19,20). The summed E-state index contributed by atoms with van der Waals surface area (Å²) in [4.78, 5) is 31.4. The van der Waals surface area contributed by atoms with E-state index in [1.54, 1.807) is 18.2 Å². The predicted octanol–water partition coefficient (Wildman–Crippen LogP) is 2.75. The minimum absolute atomic E-state index is 0.00713. The number of aromatic nitrogens is 2. The van der Waals surface area contributed by atoms with Crippen molar-refractivity contribution in [3.63, 3.8) is 0 Å². The summed E-state index contributed by atoms with van der Waals surface area (Å²) in [6.07, 6.45) is 2.70. The average Bonchev–Trinajstić information content (AvgIpc) is 2.50. The summed E-state index contributed by atoms with van der Waals surface area (Å²) in [5, 5.41) is 3.38. The fourth-order valence-electron chi connectivity index (χ4n) is 1.69. The number of nitrogens with one attached hydrogen (secondary N) is 1. The van der Waals surface area contributed by atoms with E-state index in [4.69, 9.17) is 23.2 Å². The van der Waals surface area contributed by atoms with E-state index in [1.807, 2.05) is 0 Å². The molecule has 0 aliphatic heterocycles. The Morgan fingerprint density at radius 2 is 1.95 bits per heavy atom. The molecule has 0 saturated heterocycles. The Morgan fingerprint density at radius 1 is 1.23 bits per heavy atom. The Balaban J connectivity index is 2.14. The molecule has 0 radical (unpaired) electrons. The molecule has 1 amide bonds. The van der Waals surface area contributed by atoms with Gasteiger partial charge >= 0.3 is 5.97 Å². The molecule has 2 rings (SSSR count). The zero-order valence-electron chi connectivity index (χ0n) is 11.5. The monoisotopic (exact) mass is 339 g/mol. The van der Waals surface area contributed by atoms with Crippen molar-refractivity contribution in [1.29, 1.82) is 0 Å². The van der Waals surface area contributed by atoms with Crippen molar-refractivity contribution >= 4 is 40.9 Å². The third-order valence-electron chi connectivity index (χ3n) is 2.70. The largest absolute Gasteiger partial charge is 0.464 e. The van der Waals surface area contributed by atoms with Gasteiger partial charge in [-0.05, 0) is 17.7 Å². The maximum Gasteiger partial charge on any atom is 0.360 e. The third-order valence-corrected chi connectivity index (χ3v) is 3.29. The van der Waals surface area contributed by atoms with Crippen LogP contribution in [0.1, 0.15) is 16.1 Å². The van der Waals surface area contributed by atoms with Gasteiger partial charge in [0.1, 0.15) is 0 Å². The molecule has 0 saturated carbocycles. The molecule has 0 fully saturated rings. The van der Waals surface area contributed by atoms with Crippen LogP contribution in [-0.2, 0) is 16.0 Å². The fourth-order valence-corrected chi connectivity index (χ4v) is 2.17. The number of carbonyl (C=O) groups excluding carboxylic acids is 2. The highest BCUT2D eigenvalue weighted by molar-refractivity contribution is 6.35. The first-order chi connectivity index (χ1) is 10.5. The molecular formula is C14H11Cl2N3O3. The number of amides is 1. The fraction of sp³-hybridized carbons (Fsp3) is 0.143. The van der Waals surface area contributed by atoms with E-state index in [-0.39, 0.29) is 17.9 Å². The van der Waals surface area contributed by atoms with E-state index in [2.05, 4.69) is 20.0 Å². The topological polar surface area (TPSA) is 81.2 Å². The molecule has 0 aliphatic rings. The molecule has 1 heterocycles. The van der Waals surface area contributed by atoms with E-state index in [0.717, 1.165) is 0 Å². The van der Waals surface area contributed by atoms with E-state index < -0.39 is 11.9 Å². The lowest BCUT2D eigenvalue weighted by molar-refractivity contribution is -0.115. The van der Waals surface area contributed by atoms with Crippen LogP contribution in [0, 0.1) is 0 Å². The molecule has 1 aromatic carbocycles. The van der Waals surface area contributed by atoms with Crippen LogP contribution in [0.4, 0.5) is 5.82 Å². The molecule has 6 nitrogen and oxygen atoms in total. The number of halogens is 2. The Morgan fingerprint density at radius 3 is 2.64 bits per heavy atom. The van der Waals surface area contributed by atoms with Crippen molar-refractivity contribution < 1.29 is 14.3 Å². The van der Waals surface area contributed by atoms with Crippen LogP contribution in [-0.4, -0.2) is 29.0 Å². The van der Waals surface area contributed by atoms with Gasteiger partial charge in [-0.3, -0.25) is 4.79 Å². The Hall–Kier alpha value is -2.18. The van der Waals surface area contributed by atoms with Crippen LogP contribution < -0.4 is 5.32 Å². The van der Waals surface area contributed by atoms with Crippen LogP contribution >= 0.6 is 23.2 Å². The Bertz CT molecular complexity index is 722. The summed E-state index contributed by atoms with van der Waals surface area (Å²) in [6.45, 7) is 0. The summed E-state index contributed by atoms with van der Waals surface area (Å²) in [5.41, 5.74) is 0.535. The molecule has 8 heteroatoms. The lowest BCUT2D eigenvalue weighted by Gasteiger charge is -2.08. The molecule has 114 valence electrons. The van der Waals surface area contributed by atoms with Crippen LogP contribution in [0.25, 0.3) is 0 Å². The number of anilines is 1. The molecule has 1 N–H and O–H groups in total. The van der Waals surface area contributed by atoms with Gasteiger partial charge in [-0.15, -0.1) is 0 Å². The average molecular weight is 340 g/mol. The lowest BCUT2D eigenvalue weighted by atomic mass is 10.1. The summed E-state index contributed by atoms with van der Waals surface area (Å²) >= 11 is 11.8. The van der Waals surface area contributed by atoms with Crippen LogP contribution in [0.3, 0.4) is 0 Å². The van der Waals surface area contributed by atoms with Crippen LogP contribution in [0.5, 0.6) is 0 Å². The van der Waals surface area contributed by atoms with Gasteiger partial charge in [-0.1, -0.05) is 29.3 Å². The zero-order chi connectivity index (χ0) is 16.1. The van der Waals surface area contributed by atoms with Crippen LogP contribution in [0.15, 0.2) is 30.6 Å². The molecule has 22 heavy (non-hydrogen) atoms. The van der Waals surface area contributed by atoms with Gasteiger partial charge < -0.3 is 10.1 Å². The number of rotatable bonds is 4. The van der Waals surface area contributed by atoms with Gasteiger partial charge in [0.15, 0.2) is 11.5 Å². The van der Waals surface area contributed by atoms with Gasteiger partial charge in [0.25, 0.3) is 0 Å². The molecule has 0 unspecified atom stereocenters. The number of ether oxygens (including phenoxy) is 1. The van der Waals surface area contributed by atoms with Gasteiger partial charge in [-0.25, -0.2) is 14.8 Å². The number of methoxy groups -OCH3 is 1. The maximum absolute atomic E-state index is 12.1. The molecular weight excluding hydrogens is 329 g/mol. The van der Waals surface area contributed by atoms with E-state index in [1.165, 1.54) is 19.5 Å². The Labute approximate surface area is 136 Å². The van der Waals surface area contributed by atoms with Crippen LogP contribution in [0.2, 0.25) is 10.0 Å². The molecule has 0 atom stereocenters. The second-order valence-corrected chi connectivity index (χ2v) is 5.05. The van der Waals surface area contributed by atoms with Gasteiger partial charge in [-0.2, -0.15) is 0 Å². The van der Waals surface area contributed by atoms with Crippen molar-refractivity contribution in [3.05, 3.63) is 51.9 Å². The summed E-state index contributed by atoms with van der Waals surface area (Å²) in [5.74, 6) is -1.05. The summed E-state index contributed by atoms with van der Waals surface area (Å²) in [6, 6.07) is 4.84. The first-order valence-corrected chi connectivity index (χ1v) is 6.90. The second kappa shape index (κ2) is 7.20. The van der Waals surface area contributed by atoms with Gasteiger partial charge in [0.05, 0.1) is 13.5 Å². The lowest BCUT2D eigenvalue weighted by Crippen LogP contribution is -2.19. The van der Waals surface area contributed by atoms with E-state index >= 15 is 0 Å². The highest BCUT2D eigenvalue weighted by Gasteiger charge is 2.17. The number of benzene rings is 1. The van der Waals surface area contributed by atoms with Crippen molar-refractivity contribution in [1.82, 2.24) is 9.97 Å². The van der Waals surface area contributed by atoms with E-state index in [9.17, 15) is 9.59 Å². The maximum atomic E-state index is 12.1. The minimum atomic E-state index is -0.687. The van der Waals surface area contributed by atoms with Crippen molar-refractivity contribution in [3.8, 4) is 0 Å². The van der Waals surface area contributed by atoms with Gasteiger partial charge in [0, 0.05) is 22.4 Å². The van der Waals surface area contributed by atoms with Crippen molar-refractivity contribution in [2.24, 2.45) is 0 Å². The molecule has 0 bridgehead atoms. The number of carbonyl (C=O) groups is 2.